The Kier molecular flexibility index (Phi) is 5.02. The molecule has 1 aliphatic heterocycles. The first-order chi connectivity index (χ1) is 19.0. The highest BCUT2D eigenvalue weighted by molar-refractivity contribution is 5.98. The fourth-order valence-corrected chi connectivity index (χ4v) is 5.34. The topological polar surface area (TPSA) is 124 Å². The highest BCUT2D eigenvalue weighted by Gasteiger charge is 2.33. The predicted molar refractivity (Wildman–Crippen MR) is 151 cm³/mol. The van der Waals surface area contributed by atoms with Gasteiger partial charge in [0.1, 0.15) is 6.17 Å². The average Bonchev–Trinajstić information content (AvgIpc) is 3.66. The van der Waals surface area contributed by atoms with Crippen LogP contribution in [0.15, 0.2) is 84.0 Å². The van der Waals surface area contributed by atoms with Gasteiger partial charge in [0.15, 0.2) is 0 Å². The normalized spacial score (nSPS) is 14.5. The molecule has 0 spiro atoms. The van der Waals surface area contributed by atoms with E-state index in [1.807, 2.05) is 66.2 Å². The van der Waals surface area contributed by atoms with Gasteiger partial charge >= 0.3 is 5.69 Å². The van der Waals surface area contributed by atoms with Gasteiger partial charge in [-0.2, -0.15) is 0 Å². The Morgan fingerprint density at radius 3 is 2.67 bits per heavy atom. The zero-order valence-corrected chi connectivity index (χ0v) is 21.2. The molecule has 3 aromatic carbocycles. The first-order valence-corrected chi connectivity index (χ1v) is 12.5. The summed E-state index contributed by atoms with van der Waals surface area (Å²) in [5, 5.41) is 7.37. The van der Waals surface area contributed by atoms with Crippen LogP contribution in [-0.4, -0.2) is 37.5 Å². The number of hydrogen-bond donors (Lipinski definition) is 4. The summed E-state index contributed by atoms with van der Waals surface area (Å²) in [6, 6.07) is 21.6. The number of imidazole rings is 2. The minimum Gasteiger partial charge on any atom is -0.359 e. The number of benzene rings is 3. The molecule has 39 heavy (non-hydrogen) atoms. The van der Waals surface area contributed by atoms with Crippen molar-refractivity contribution in [3.05, 3.63) is 101 Å². The molecule has 1 unspecified atom stereocenters. The van der Waals surface area contributed by atoms with Crippen molar-refractivity contribution in [2.24, 2.45) is 7.05 Å². The molecule has 7 rings (SSSR count). The van der Waals surface area contributed by atoms with Crippen molar-refractivity contribution in [2.45, 2.75) is 6.17 Å². The third-order valence-corrected chi connectivity index (χ3v) is 7.20. The number of aryl methyl sites for hydroxylation is 1. The maximum atomic E-state index is 12.4. The standard InChI is InChI=1S/C29H24N8O2/c1-30-28(38)16-7-10-25-23(11-16)33-27(37(25)17-8-9-21-22(12-17)35-29(39)34-21)19-13-24(26-14-31-15-36(26)2)32-20-6-4-3-5-18(19)20/h3-15,27,33H,1-2H3,(H,30,38)(H2,34,35,39). The van der Waals surface area contributed by atoms with Crippen LogP contribution < -0.4 is 21.2 Å². The van der Waals surface area contributed by atoms with Crippen molar-refractivity contribution in [1.82, 2.24) is 29.8 Å². The van der Waals surface area contributed by atoms with Gasteiger partial charge in [-0.25, -0.2) is 14.8 Å². The van der Waals surface area contributed by atoms with Crippen LogP contribution in [0, 0.1) is 0 Å². The Bertz CT molecular complexity index is 1970. The molecule has 0 fully saturated rings. The number of fused-ring (bicyclic) bond motifs is 3. The summed E-state index contributed by atoms with van der Waals surface area (Å²) < 4.78 is 1.95. The van der Waals surface area contributed by atoms with Crippen LogP contribution in [-0.2, 0) is 7.05 Å². The zero-order valence-electron chi connectivity index (χ0n) is 21.2. The van der Waals surface area contributed by atoms with Crippen LogP contribution in [0.5, 0.6) is 0 Å². The molecule has 1 amide bonds. The lowest BCUT2D eigenvalue weighted by molar-refractivity contribution is 0.0963. The summed E-state index contributed by atoms with van der Waals surface area (Å²) >= 11 is 0. The number of aromatic nitrogens is 5. The van der Waals surface area contributed by atoms with E-state index in [1.54, 1.807) is 19.6 Å². The third kappa shape index (κ3) is 3.64. The van der Waals surface area contributed by atoms with Gasteiger partial charge in [-0.05, 0) is 48.5 Å². The van der Waals surface area contributed by atoms with Gasteiger partial charge in [0.25, 0.3) is 5.91 Å². The van der Waals surface area contributed by atoms with Crippen molar-refractivity contribution in [3.8, 4) is 11.4 Å². The van der Waals surface area contributed by atoms with E-state index in [0.717, 1.165) is 50.4 Å². The van der Waals surface area contributed by atoms with Crippen LogP contribution in [0.4, 0.5) is 17.1 Å². The number of carbonyl (C=O) groups is 1. The number of hydrogen-bond acceptors (Lipinski definition) is 6. The molecule has 6 aromatic rings. The van der Waals surface area contributed by atoms with Gasteiger partial charge in [0, 0.05) is 36.3 Å². The number of rotatable bonds is 4. The second-order valence-electron chi connectivity index (χ2n) is 9.54. The summed E-state index contributed by atoms with van der Waals surface area (Å²) in [6.45, 7) is 0. The van der Waals surface area contributed by atoms with E-state index in [4.69, 9.17) is 4.98 Å². The highest BCUT2D eigenvalue weighted by Crippen LogP contribution is 2.48. The van der Waals surface area contributed by atoms with Gasteiger partial charge in [-0.15, -0.1) is 0 Å². The number of amides is 1. The van der Waals surface area contributed by atoms with Gasteiger partial charge in [-0.3, -0.25) is 4.79 Å². The van der Waals surface area contributed by atoms with E-state index in [9.17, 15) is 9.59 Å². The summed E-state index contributed by atoms with van der Waals surface area (Å²) in [4.78, 5) is 41.5. The van der Waals surface area contributed by atoms with Crippen LogP contribution >= 0.6 is 0 Å². The lowest BCUT2D eigenvalue weighted by atomic mass is 10.0. The molecular weight excluding hydrogens is 492 g/mol. The molecule has 4 N–H and O–H groups in total. The molecular formula is C29H24N8O2. The number of aromatic amines is 2. The Morgan fingerprint density at radius 2 is 1.85 bits per heavy atom. The fourth-order valence-electron chi connectivity index (χ4n) is 5.34. The van der Waals surface area contributed by atoms with Gasteiger partial charge in [0.05, 0.1) is 51.8 Å². The maximum absolute atomic E-state index is 12.4. The zero-order chi connectivity index (χ0) is 26.7. The van der Waals surface area contributed by atoms with Crippen LogP contribution in [0.3, 0.4) is 0 Å². The number of H-pyrrole nitrogens is 2. The lowest BCUT2D eigenvalue weighted by Crippen LogP contribution is -2.24. The summed E-state index contributed by atoms with van der Waals surface area (Å²) in [5.41, 5.74) is 7.94. The van der Waals surface area contributed by atoms with Gasteiger partial charge < -0.3 is 30.1 Å². The van der Waals surface area contributed by atoms with E-state index in [2.05, 4.69) is 42.6 Å². The molecule has 0 saturated heterocycles. The summed E-state index contributed by atoms with van der Waals surface area (Å²) in [5.74, 6) is -0.159. The Morgan fingerprint density at radius 1 is 1.00 bits per heavy atom. The molecule has 1 aliphatic rings. The molecule has 10 heteroatoms. The van der Waals surface area contributed by atoms with Crippen molar-refractivity contribution >= 4 is 44.9 Å². The number of nitrogens with zero attached hydrogens (tertiary/aromatic N) is 4. The number of para-hydroxylation sites is 1. The van der Waals surface area contributed by atoms with Crippen molar-refractivity contribution < 1.29 is 4.79 Å². The molecule has 10 nitrogen and oxygen atoms in total. The minimum atomic E-state index is -0.331. The molecule has 3 aromatic heterocycles. The van der Waals surface area contributed by atoms with Crippen molar-refractivity contribution in [3.63, 3.8) is 0 Å². The molecule has 192 valence electrons. The van der Waals surface area contributed by atoms with Gasteiger partial charge in [-0.1, -0.05) is 18.2 Å². The molecule has 4 heterocycles. The van der Waals surface area contributed by atoms with E-state index < -0.39 is 0 Å². The third-order valence-electron chi connectivity index (χ3n) is 7.20. The Hall–Kier alpha value is -5.38. The Balaban J connectivity index is 1.46. The fraction of sp³-hybridized carbons (Fsp3) is 0.103. The largest absolute Gasteiger partial charge is 0.359 e. The van der Waals surface area contributed by atoms with Crippen LogP contribution in [0.1, 0.15) is 22.1 Å². The van der Waals surface area contributed by atoms with Crippen LogP contribution in [0.2, 0.25) is 0 Å². The SMILES string of the molecule is CNC(=O)c1ccc2c(c1)NC(c1cc(-c3cncn3C)nc3ccccc13)N2c1ccc2[nH]c(=O)[nH]c2c1. The molecule has 0 radical (unpaired) electrons. The number of pyridine rings is 1. The average molecular weight is 517 g/mol. The number of nitrogens with one attached hydrogen (secondary N) is 4. The molecule has 0 aliphatic carbocycles. The predicted octanol–water partition coefficient (Wildman–Crippen LogP) is 4.43. The summed E-state index contributed by atoms with van der Waals surface area (Å²) in [6.07, 6.45) is 3.24. The van der Waals surface area contributed by atoms with Gasteiger partial charge in [0.2, 0.25) is 0 Å². The first-order valence-electron chi connectivity index (χ1n) is 12.5. The molecule has 1 atom stereocenters. The second kappa shape index (κ2) is 8.59. The highest BCUT2D eigenvalue weighted by atomic mass is 16.1. The molecule has 0 saturated carbocycles. The smallest absolute Gasteiger partial charge is 0.323 e. The van der Waals surface area contributed by atoms with E-state index in [-0.39, 0.29) is 17.8 Å². The minimum absolute atomic E-state index is 0.159. The number of carbonyl (C=O) groups excluding carboxylic acids is 1. The first kappa shape index (κ1) is 22.8. The quantitative estimate of drug-likeness (QED) is 0.275. The van der Waals surface area contributed by atoms with E-state index in [0.29, 0.717) is 11.1 Å². The van der Waals surface area contributed by atoms with Crippen LogP contribution in [0.25, 0.3) is 33.3 Å². The second-order valence-corrected chi connectivity index (χ2v) is 9.54. The summed E-state index contributed by atoms with van der Waals surface area (Å²) in [7, 11) is 3.57. The number of anilines is 3. The molecule has 0 bridgehead atoms. The van der Waals surface area contributed by atoms with Crippen molar-refractivity contribution in [2.75, 3.05) is 17.3 Å². The van der Waals surface area contributed by atoms with E-state index in [1.165, 1.54) is 0 Å². The lowest BCUT2D eigenvalue weighted by Gasteiger charge is -2.28. The monoisotopic (exact) mass is 516 g/mol. The van der Waals surface area contributed by atoms with Crippen molar-refractivity contribution in [1.29, 1.82) is 0 Å². The maximum Gasteiger partial charge on any atom is 0.323 e. The van der Waals surface area contributed by atoms with E-state index >= 15 is 0 Å². The Labute approximate surface area is 222 Å².